The largest absolute Gasteiger partial charge is 0.368 e. The minimum atomic E-state index is -0.366. The minimum absolute atomic E-state index is 0.132. The van der Waals surface area contributed by atoms with E-state index in [9.17, 15) is 9.59 Å². The van der Waals surface area contributed by atoms with Crippen LogP contribution in [0, 0.1) is 0 Å². The highest BCUT2D eigenvalue weighted by Gasteiger charge is 2.23. The van der Waals surface area contributed by atoms with Crippen molar-refractivity contribution in [3.63, 3.8) is 0 Å². The molecule has 3 rings (SSSR count). The van der Waals surface area contributed by atoms with Gasteiger partial charge in [-0.25, -0.2) is 0 Å². The van der Waals surface area contributed by atoms with E-state index in [2.05, 4.69) is 20.8 Å². The van der Waals surface area contributed by atoms with Crippen LogP contribution in [0.3, 0.4) is 0 Å². The summed E-state index contributed by atoms with van der Waals surface area (Å²) in [5.41, 5.74) is 2.56. The zero-order valence-corrected chi connectivity index (χ0v) is 14.3. The fraction of sp³-hybridized carbons (Fsp3) is 0.389. The van der Waals surface area contributed by atoms with E-state index in [1.54, 1.807) is 30.3 Å². The van der Waals surface area contributed by atoms with Crippen molar-refractivity contribution in [1.29, 1.82) is 0 Å². The Morgan fingerprint density at radius 3 is 2.44 bits per heavy atom. The number of ether oxygens (including phenoxy) is 1. The van der Waals surface area contributed by atoms with Gasteiger partial charge in [0, 0.05) is 23.7 Å². The molecular weight excluding hydrogens is 320 g/mol. The molecule has 25 heavy (non-hydrogen) atoms. The van der Waals surface area contributed by atoms with E-state index in [4.69, 9.17) is 4.74 Å². The van der Waals surface area contributed by atoms with E-state index in [0.717, 1.165) is 18.5 Å². The lowest BCUT2D eigenvalue weighted by atomic mass is 10.1. The van der Waals surface area contributed by atoms with E-state index in [1.807, 2.05) is 13.8 Å². The highest BCUT2D eigenvalue weighted by Crippen LogP contribution is 2.18. The van der Waals surface area contributed by atoms with E-state index in [1.165, 1.54) is 0 Å². The van der Waals surface area contributed by atoms with Gasteiger partial charge in [0.25, 0.3) is 11.8 Å². The maximum atomic E-state index is 12.2. The monoisotopic (exact) mass is 342 g/mol. The van der Waals surface area contributed by atoms with E-state index in [-0.39, 0.29) is 23.8 Å². The number of aromatic nitrogens is 2. The number of hydrogen-bond acceptors (Lipinski definition) is 4. The van der Waals surface area contributed by atoms with Gasteiger partial charge in [0.05, 0.1) is 0 Å². The van der Waals surface area contributed by atoms with Gasteiger partial charge < -0.3 is 15.4 Å². The second kappa shape index (κ2) is 7.48. The number of carbonyl (C=O) groups excluding carboxylic acids is 2. The summed E-state index contributed by atoms with van der Waals surface area (Å²) >= 11 is 0. The van der Waals surface area contributed by atoms with Crippen molar-refractivity contribution in [3.8, 4) is 0 Å². The lowest BCUT2D eigenvalue weighted by Gasteiger charge is -2.11. The summed E-state index contributed by atoms with van der Waals surface area (Å²) in [7, 11) is 0. The summed E-state index contributed by atoms with van der Waals surface area (Å²) in [6.07, 6.45) is 1.30. The Hall–Kier alpha value is -2.67. The number of amides is 2. The maximum absolute atomic E-state index is 12.2. The summed E-state index contributed by atoms with van der Waals surface area (Å²) in [4.78, 5) is 24.2. The van der Waals surface area contributed by atoms with Crippen molar-refractivity contribution in [2.45, 2.75) is 38.7 Å². The van der Waals surface area contributed by atoms with E-state index in [0.29, 0.717) is 23.7 Å². The molecule has 1 aromatic heterocycles. The molecule has 1 aliphatic rings. The molecule has 1 aliphatic heterocycles. The van der Waals surface area contributed by atoms with Gasteiger partial charge in [0.15, 0.2) is 5.69 Å². The zero-order chi connectivity index (χ0) is 17.8. The minimum Gasteiger partial charge on any atom is -0.368 e. The highest BCUT2D eigenvalue weighted by molar-refractivity contribution is 6.03. The first-order valence-electron chi connectivity index (χ1n) is 8.42. The first-order chi connectivity index (χ1) is 12.0. The third-order valence-electron chi connectivity index (χ3n) is 4.08. The Morgan fingerprint density at radius 2 is 1.88 bits per heavy atom. The normalized spacial score (nSPS) is 16.8. The van der Waals surface area contributed by atoms with Crippen LogP contribution in [0.5, 0.6) is 0 Å². The molecule has 1 atom stereocenters. The topological polar surface area (TPSA) is 96.1 Å². The molecule has 3 N–H and O–H groups in total. The molecule has 0 bridgehead atoms. The molecular formula is C18H22N4O3. The van der Waals surface area contributed by atoms with Crippen LogP contribution in [-0.4, -0.2) is 34.7 Å². The first kappa shape index (κ1) is 17.2. The molecule has 1 saturated heterocycles. The van der Waals surface area contributed by atoms with Crippen LogP contribution in [0.15, 0.2) is 30.3 Å². The highest BCUT2D eigenvalue weighted by atomic mass is 16.5. The van der Waals surface area contributed by atoms with Crippen LogP contribution in [-0.2, 0) is 9.53 Å². The Morgan fingerprint density at radius 1 is 1.20 bits per heavy atom. The summed E-state index contributed by atoms with van der Waals surface area (Å²) in [6.45, 7) is 4.69. The fourth-order valence-electron chi connectivity index (χ4n) is 2.59. The van der Waals surface area contributed by atoms with Gasteiger partial charge >= 0.3 is 0 Å². The number of nitrogens with one attached hydrogen (secondary N) is 3. The number of benzene rings is 1. The molecule has 1 fully saturated rings. The molecule has 2 amide bonds. The maximum Gasteiger partial charge on any atom is 0.276 e. The number of nitrogens with zero attached hydrogens (tertiary/aromatic N) is 1. The lowest BCUT2D eigenvalue weighted by Crippen LogP contribution is -2.26. The zero-order valence-electron chi connectivity index (χ0n) is 14.3. The number of anilines is 2. The van der Waals surface area contributed by atoms with Gasteiger partial charge in [-0.1, -0.05) is 13.8 Å². The molecule has 2 aromatic rings. The van der Waals surface area contributed by atoms with Gasteiger partial charge in [-0.3, -0.25) is 14.7 Å². The molecule has 132 valence electrons. The van der Waals surface area contributed by atoms with Crippen molar-refractivity contribution in [2.75, 3.05) is 17.2 Å². The molecule has 0 radical (unpaired) electrons. The van der Waals surface area contributed by atoms with Gasteiger partial charge in [0.2, 0.25) is 0 Å². The molecule has 7 heteroatoms. The van der Waals surface area contributed by atoms with Crippen molar-refractivity contribution in [3.05, 3.63) is 41.7 Å². The molecule has 7 nitrogen and oxygen atoms in total. The summed E-state index contributed by atoms with van der Waals surface area (Å²) in [5, 5.41) is 12.5. The first-order valence-corrected chi connectivity index (χ1v) is 8.42. The van der Waals surface area contributed by atoms with Crippen LogP contribution in [0.4, 0.5) is 11.4 Å². The van der Waals surface area contributed by atoms with Crippen LogP contribution < -0.4 is 10.6 Å². The smallest absolute Gasteiger partial charge is 0.276 e. The number of H-pyrrole nitrogens is 1. The number of rotatable bonds is 5. The number of aromatic amines is 1. The Kier molecular flexibility index (Phi) is 5.14. The fourth-order valence-corrected chi connectivity index (χ4v) is 2.59. The molecule has 2 heterocycles. The molecule has 0 spiro atoms. The Bertz CT molecular complexity index is 746. The van der Waals surface area contributed by atoms with Crippen molar-refractivity contribution in [2.24, 2.45) is 0 Å². The van der Waals surface area contributed by atoms with Crippen molar-refractivity contribution >= 4 is 23.2 Å². The van der Waals surface area contributed by atoms with Gasteiger partial charge in [-0.2, -0.15) is 5.10 Å². The molecule has 1 unspecified atom stereocenters. The summed E-state index contributed by atoms with van der Waals surface area (Å²) in [5.74, 6) is -0.132. The second-order valence-electron chi connectivity index (χ2n) is 6.39. The summed E-state index contributed by atoms with van der Waals surface area (Å²) < 4.78 is 5.35. The summed E-state index contributed by atoms with van der Waals surface area (Å²) in [6, 6.07) is 8.70. The van der Waals surface area contributed by atoms with Crippen LogP contribution in [0.25, 0.3) is 0 Å². The standard InChI is InChI=1S/C18H22N4O3/c1-11(2)14-10-15(22-21-14)17(23)19-12-5-7-13(8-6-12)20-18(24)16-4-3-9-25-16/h5-8,10-11,16H,3-4,9H2,1-2H3,(H,19,23)(H,20,24)(H,21,22). The number of carbonyl (C=O) groups is 2. The quantitative estimate of drug-likeness (QED) is 0.778. The van der Waals surface area contributed by atoms with Crippen molar-refractivity contribution < 1.29 is 14.3 Å². The van der Waals surface area contributed by atoms with Crippen LogP contribution in [0.2, 0.25) is 0 Å². The molecule has 1 aromatic carbocycles. The number of hydrogen-bond donors (Lipinski definition) is 3. The lowest BCUT2D eigenvalue weighted by molar-refractivity contribution is -0.124. The average molecular weight is 342 g/mol. The molecule has 0 aliphatic carbocycles. The Balaban J connectivity index is 1.58. The average Bonchev–Trinajstić information content (AvgIpc) is 3.28. The van der Waals surface area contributed by atoms with E-state index >= 15 is 0 Å². The third-order valence-corrected chi connectivity index (χ3v) is 4.08. The molecule has 0 saturated carbocycles. The SMILES string of the molecule is CC(C)c1cc(C(=O)Nc2ccc(NC(=O)C3CCCO3)cc2)n[nH]1. The van der Waals surface area contributed by atoms with Gasteiger partial charge in [-0.05, 0) is 49.1 Å². The predicted octanol–water partition coefficient (Wildman–Crippen LogP) is 2.90. The second-order valence-corrected chi connectivity index (χ2v) is 6.39. The third kappa shape index (κ3) is 4.24. The van der Waals surface area contributed by atoms with E-state index < -0.39 is 0 Å². The Labute approximate surface area is 146 Å². The van der Waals surface area contributed by atoms with Crippen molar-refractivity contribution in [1.82, 2.24) is 10.2 Å². The van der Waals surface area contributed by atoms with Gasteiger partial charge in [0.1, 0.15) is 6.10 Å². The van der Waals surface area contributed by atoms with Crippen LogP contribution in [0.1, 0.15) is 48.8 Å². The van der Waals surface area contributed by atoms with Crippen LogP contribution >= 0.6 is 0 Å². The predicted molar refractivity (Wildman–Crippen MR) is 94.7 cm³/mol. The van der Waals surface area contributed by atoms with Gasteiger partial charge in [-0.15, -0.1) is 0 Å².